The van der Waals surface area contributed by atoms with Crippen molar-refractivity contribution < 1.29 is 0 Å². The molecule has 4 heteroatoms. The maximum atomic E-state index is 9.15. The number of halogens is 1. The van der Waals surface area contributed by atoms with Crippen LogP contribution in [0.15, 0.2) is 18.2 Å². The molecule has 0 aliphatic carbocycles. The van der Waals surface area contributed by atoms with Gasteiger partial charge in [-0.05, 0) is 24.1 Å². The zero-order valence-electron chi connectivity index (χ0n) is 10.7. The van der Waals surface area contributed by atoms with Crippen molar-refractivity contribution in [3.63, 3.8) is 0 Å². The molecule has 18 heavy (non-hydrogen) atoms. The molecule has 0 amide bonds. The molecule has 0 aliphatic rings. The number of nitrogens with zero attached hydrogens (tertiary/aromatic N) is 3. The third kappa shape index (κ3) is 3.95. The molecule has 0 fully saturated rings. The molecule has 0 N–H and O–H groups in total. The van der Waals surface area contributed by atoms with E-state index in [1.54, 1.807) is 12.1 Å². The number of hydrogen-bond donors (Lipinski definition) is 0. The van der Waals surface area contributed by atoms with E-state index in [1.165, 1.54) is 0 Å². The van der Waals surface area contributed by atoms with Gasteiger partial charge < -0.3 is 4.90 Å². The van der Waals surface area contributed by atoms with Gasteiger partial charge in [0.25, 0.3) is 0 Å². The summed E-state index contributed by atoms with van der Waals surface area (Å²) >= 11 is 5.89. The van der Waals surface area contributed by atoms with Gasteiger partial charge in [-0.25, -0.2) is 0 Å². The Bertz CT molecular complexity index is 483. The minimum absolute atomic E-state index is 0.445. The van der Waals surface area contributed by atoms with Gasteiger partial charge in [-0.2, -0.15) is 10.5 Å². The molecule has 0 unspecified atom stereocenters. The Morgan fingerprint density at radius 1 is 1.33 bits per heavy atom. The smallest absolute Gasteiger partial charge is 0.101 e. The van der Waals surface area contributed by atoms with Crippen LogP contribution in [-0.2, 0) is 0 Å². The Balaban J connectivity index is 3.04. The van der Waals surface area contributed by atoms with Crippen LogP contribution in [0.25, 0.3) is 0 Å². The summed E-state index contributed by atoms with van der Waals surface area (Å²) in [5, 5.41) is 18.4. The van der Waals surface area contributed by atoms with Crippen LogP contribution in [-0.4, -0.2) is 13.1 Å². The Morgan fingerprint density at radius 3 is 2.61 bits per heavy atom. The Labute approximate surface area is 113 Å². The summed E-state index contributed by atoms with van der Waals surface area (Å²) in [7, 11) is 0. The number of hydrogen-bond acceptors (Lipinski definition) is 3. The van der Waals surface area contributed by atoms with Crippen LogP contribution in [0.4, 0.5) is 5.69 Å². The van der Waals surface area contributed by atoms with Gasteiger partial charge in [-0.3, -0.25) is 0 Å². The van der Waals surface area contributed by atoms with E-state index >= 15 is 0 Å². The van der Waals surface area contributed by atoms with E-state index in [0.29, 0.717) is 29.5 Å². The molecule has 0 bridgehead atoms. The average Bonchev–Trinajstić information content (AvgIpc) is 2.34. The molecule has 0 aliphatic heterocycles. The van der Waals surface area contributed by atoms with Crippen LogP contribution in [0.2, 0.25) is 5.02 Å². The minimum atomic E-state index is 0.445. The first kappa shape index (κ1) is 14.4. The normalized spacial score (nSPS) is 9.89. The number of nitriles is 2. The topological polar surface area (TPSA) is 50.8 Å². The van der Waals surface area contributed by atoms with Gasteiger partial charge in [-0.15, -0.1) is 0 Å². The zero-order valence-corrected chi connectivity index (χ0v) is 11.4. The highest BCUT2D eigenvalue weighted by Crippen LogP contribution is 2.24. The van der Waals surface area contributed by atoms with Crippen molar-refractivity contribution in [2.75, 3.05) is 18.0 Å². The van der Waals surface area contributed by atoms with Gasteiger partial charge in [-0.1, -0.05) is 25.4 Å². The summed E-state index contributed by atoms with van der Waals surface area (Å²) in [6, 6.07) is 9.58. The summed E-state index contributed by atoms with van der Waals surface area (Å²) in [4.78, 5) is 2.07. The first-order valence-electron chi connectivity index (χ1n) is 5.90. The summed E-state index contributed by atoms with van der Waals surface area (Å²) in [5.41, 5.74) is 1.41. The monoisotopic (exact) mass is 261 g/mol. The molecule has 1 aromatic rings. The quantitative estimate of drug-likeness (QED) is 0.814. The second-order valence-corrected chi connectivity index (χ2v) is 4.96. The lowest BCUT2D eigenvalue weighted by molar-refractivity contribution is 0.612. The second-order valence-electron chi connectivity index (χ2n) is 4.52. The first-order valence-corrected chi connectivity index (χ1v) is 6.27. The third-order valence-corrected chi connectivity index (χ3v) is 2.73. The molecular weight excluding hydrogens is 246 g/mol. The van der Waals surface area contributed by atoms with Gasteiger partial charge in [0.2, 0.25) is 0 Å². The maximum Gasteiger partial charge on any atom is 0.101 e. The Hall–Kier alpha value is -1.71. The molecule has 0 saturated heterocycles. The second kappa shape index (κ2) is 6.89. The predicted molar refractivity (Wildman–Crippen MR) is 73.4 cm³/mol. The van der Waals surface area contributed by atoms with Crippen molar-refractivity contribution in [3.8, 4) is 12.1 Å². The first-order chi connectivity index (χ1) is 8.58. The van der Waals surface area contributed by atoms with E-state index in [0.717, 1.165) is 12.2 Å². The summed E-state index contributed by atoms with van der Waals surface area (Å²) in [6.45, 7) is 5.67. The highest BCUT2D eigenvalue weighted by atomic mass is 35.5. The van der Waals surface area contributed by atoms with E-state index in [4.69, 9.17) is 22.1 Å². The lowest BCUT2D eigenvalue weighted by Crippen LogP contribution is -2.29. The van der Waals surface area contributed by atoms with Crippen molar-refractivity contribution in [1.82, 2.24) is 0 Å². The maximum absolute atomic E-state index is 9.15. The molecule has 0 spiro atoms. The van der Waals surface area contributed by atoms with Crippen LogP contribution in [0.1, 0.15) is 25.8 Å². The van der Waals surface area contributed by atoms with E-state index in [-0.39, 0.29) is 0 Å². The van der Waals surface area contributed by atoms with Crippen LogP contribution in [0.5, 0.6) is 0 Å². The molecular formula is C14H16ClN3. The zero-order chi connectivity index (χ0) is 13.5. The van der Waals surface area contributed by atoms with Crippen LogP contribution >= 0.6 is 11.6 Å². The predicted octanol–water partition coefficient (Wildman–Crippen LogP) is 3.59. The largest absolute Gasteiger partial charge is 0.369 e. The Kier molecular flexibility index (Phi) is 5.49. The molecule has 0 radical (unpaired) electrons. The lowest BCUT2D eigenvalue weighted by Gasteiger charge is -2.26. The fourth-order valence-corrected chi connectivity index (χ4v) is 1.98. The highest BCUT2D eigenvalue weighted by Gasteiger charge is 2.13. The number of anilines is 1. The van der Waals surface area contributed by atoms with Crippen LogP contribution in [0.3, 0.4) is 0 Å². The molecule has 0 aromatic heterocycles. The molecule has 3 nitrogen and oxygen atoms in total. The fraction of sp³-hybridized carbons (Fsp3) is 0.429. The minimum Gasteiger partial charge on any atom is -0.369 e. The molecule has 0 heterocycles. The lowest BCUT2D eigenvalue weighted by atomic mass is 10.1. The number of rotatable bonds is 5. The SMILES string of the molecule is CC(C)CN(CCC#N)c1ccc(Cl)cc1C#N. The van der Waals surface area contributed by atoms with Gasteiger partial charge in [0.05, 0.1) is 23.7 Å². The summed E-state index contributed by atoms with van der Waals surface area (Å²) in [5.74, 6) is 0.464. The van der Waals surface area contributed by atoms with E-state index in [9.17, 15) is 0 Å². The molecule has 94 valence electrons. The van der Waals surface area contributed by atoms with Crippen LogP contribution in [0, 0.1) is 28.6 Å². The molecule has 1 rings (SSSR count). The van der Waals surface area contributed by atoms with Crippen molar-refractivity contribution in [3.05, 3.63) is 28.8 Å². The van der Waals surface area contributed by atoms with Gasteiger partial charge in [0.15, 0.2) is 0 Å². The van der Waals surface area contributed by atoms with Gasteiger partial charge in [0, 0.05) is 18.1 Å². The third-order valence-electron chi connectivity index (χ3n) is 2.50. The van der Waals surface area contributed by atoms with Gasteiger partial charge >= 0.3 is 0 Å². The summed E-state index contributed by atoms with van der Waals surface area (Å²) in [6.07, 6.45) is 0.445. The Morgan fingerprint density at radius 2 is 2.06 bits per heavy atom. The number of benzene rings is 1. The van der Waals surface area contributed by atoms with Crippen molar-refractivity contribution in [1.29, 1.82) is 10.5 Å². The fourth-order valence-electron chi connectivity index (χ4n) is 1.81. The van der Waals surface area contributed by atoms with Gasteiger partial charge in [0.1, 0.15) is 6.07 Å². The van der Waals surface area contributed by atoms with E-state index < -0.39 is 0 Å². The average molecular weight is 262 g/mol. The summed E-state index contributed by atoms with van der Waals surface area (Å²) < 4.78 is 0. The van der Waals surface area contributed by atoms with Crippen molar-refractivity contribution in [2.45, 2.75) is 20.3 Å². The van der Waals surface area contributed by atoms with Crippen LogP contribution < -0.4 is 4.90 Å². The van der Waals surface area contributed by atoms with E-state index in [2.05, 4.69) is 30.9 Å². The van der Waals surface area contributed by atoms with Crippen molar-refractivity contribution >= 4 is 17.3 Å². The molecule has 1 aromatic carbocycles. The van der Waals surface area contributed by atoms with Crippen molar-refractivity contribution in [2.24, 2.45) is 5.92 Å². The standard InChI is InChI=1S/C14H16ClN3/c1-11(2)10-18(7-3-6-16)14-5-4-13(15)8-12(14)9-17/h4-5,8,11H,3,7,10H2,1-2H3. The highest BCUT2D eigenvalue weighted by molar-refractivity contribution is 6.30. The molecule has 0 atom stereocenters. The van der Waals surface area contributed by atoms with E-state index in [1.807, 2.05) is 6.07 Å². The molecule has 0 saturated carbocycles.